The number of halogens is 1. The van der Waals surface area contributed by atoms with Gasteiger partial charge in [-0.25, -0.2) is 0 Å². The van der Waals surface area contributed by atoms with Gasteiger partial charge in [0.1, 0.15) is 5.52 Å². The number of ether oxygens (including phenoxy) is 1. The van der Waals surface area contributed by atoms with Gasteiger partial charge >= 0.3 is 0 Å². The van der Waals surface area contributed by atoms with Crippen molar-refractivity contribution < 1.29 is 4.74 Å². The van der Waals surface area contributed by atoms with E-state index in [0.717, 1.165) is 26.7 Å². The van der Waals surface area contributed by atoms with Crippen LogP contribution in [-0.4, -0.2) is 11.1 Å². The molecule has 0 N–H and O–H groups in total. The van der Waals surface area contributed by atoms with Crippen molar-refractivity contribution in [1.82, 2.24) is 4.98 Å². The van der Waals surface area contributed by atoms with Crippen molar-refractivity contribution in [2.45, 2.75) is 20.0 Å². The zero-order valence-electron chi connectivity index (χ0n) is 12.0. The molecule has 0 unspecified atom stereocenters. The summed E-state index contributed by atoms with van der Waals surface area (Å²) in [5, 5.41) is 1.10. The van der Waals surface area contributed by atoms with Gasteiger partial charge in [0.15, 0.2) is 5.75 Å². The summed E-state index contributed by atoms with van der Waals surface area (Å²) in [4.78, 5) is 4.53. The van der Waals surface area contributed by atoms with E-state index in [1.54, 1.807) is 6.20 Å². The van der Waals surface area contributed by atoms with E-state index in [0.29, 0.717) is 0 Å². The van der Waals surface area contributed by atoms with Crippen molar-refractivity contribution in [2.75, 3.05) is 0 Å². The minimum atomic E-state index is 0.106. The molecule has 0 amide bonds. The molecular formula is C18H16BrNO. The molecule has 0 atom stereocenters. The minimum Gasteiger partial charge on any atom is -0.488 e. The molecular weight excluding hydrogens is 326 g/mol. The van der Waals surface area contributed by atoms with Gasteiger partial charge < -0.3 is 4.74 Å². The Labute approximate surface area is 132 Å². The summed E-state index contributed by atoms with van der Waals surface area (Å²) in [5.74, 6) is 0.806. The molecule has 1 aromatic heterocycles. The Bertz CT molecular complexity index is 769. The summed E-state index contributed by atoms with van der Waals surface area (Å²) in [6, 6.07) is 16.5. The van der Waals surface area contributed by atoms with Crippen molar-refractivity contribution in [1.29, 1.82) is 0 Å². The Hall–Kier alpha value is -1.87. The molecule has 0 fully saturated rings. The quantitative estimate of drug-likeness (QED) is 0.631. The lowest BCUT2D eigenvalue weighted by Gasteiger charge is -2.16. The summed E-state index contributed by atoms with van der Waals surface area (Å²) in [6.07, 6.45) is 1.91. The fraction of sp³-hybridized carbons (Fsp3) is 0.167. The smallest absolute Gasteiger partial charge is 0.160 e. The standard InChI is InChI=1S/C18H16BrNO/c1-12(2)21-18-16(19)11-15(13-7-4-3-5-8-13)14-9-6-10-20-17(14)18/h3-12H,1-2H3. The third-order valence-electron chi connectivity index (χ3n) is 3.24. The maximum atomic E-state index is 5.94. The largest absolute Gasteiger partial charge is 0.488 e. The highest BCUT2D eigenvalue weighted by molar-refractivity contribution is 9.10. The van der Waals surface area contributed by atoms with Crippen LogP contribution in [-0.2, 0) is 0 Å². The second-order valence-corrected chi connectivity index (χ2v) is 6.02. The van der Waals surface area contributed by atoms with Gasteiger partial charge in [-0.3, -0.25) is 4.98 Å². The number of fused-ring (bicyclic) bond motifs is 1. The predicted molar refractivity (Wildman–Crippen MR) is 90.6 cm³/mol. The fourth-order valence-electron chi connectivity index (χ4n) is 2.39. The first-order chi connectivity index (χ1) is 10.2. The molecule has 0 aliphatic heterocycles. The number of rotatable bonds is 3. The van der Waals surface area contributed by atoms with Crippen LogP contribution >= 0.6 is 15.9 Å². The molecule has 3 rings (SSSR count). The van der Waals surface area contributed by atoms with Crippen LogP contribution in [0.5, 0.6) is 5.75 Å². The van der Waals surface area contributed by atoms with Crippen molar-refractivity contribution in [2.24, 2.45) is 0 Å². The lowest BCUT2D eigenvalue weighted by atomic mass is 10.0. The maximum Gasteiger partial charge on any atom is 0.160 e. The van der Waals surface area contributed by atoms with E-state index in [4.69, 9.17) is 4.74 Å². The van der Waals surface area contributed by atoms with E-state index < -0.39 is 0 Å². The third kappa shape index (κ3) is 2.79. The number of hydrogen-bond acceptors (Lipinski definition) is 2. The molecule has 0 saturated carbocycles. The molecule has 0 bridgehead atoms. The minimum absolute atomic E-state index is 0.106. The van der Waals surface area contributed by atoms with E-state index in [2.05, 4.69) is 45.2 Å². The summed E-state index contributed by atoms with van der Waals surface area (Å²) in [6.45, 7) is 4.04. The summed E-state index contributed by atoms with van der Waals surface area (Å²) in [5.41, 5.74) is 3.22. The van der Waals surface area contributed by atoms with Crippen LogP contribution in [0.2, 0.25) is 0 Å². The lowest BCUT2D eigenvalue weighted by molar-refractivity contribution is 0.243. The monoisotopic (exact) mass is 341 g/mol. The zero-order chi connectivity index (χ0) is 14.8. The van der Waals surface area contributed by atoms with Gasteiger partial charge in [-0.15, -0.1) is 0 Å². The fourth-order valence-corrected chi connectivity index (χ4v) is 2.90. The number of nitrogens with zero attached hydrogens (tertiary/aromatic N) is 1. The highest BCUT2D eigenvalue weighted by atomic mass is 79.9. The molecule has 3 heteroatoms. The van der Waals surface area contributed by atoms with E-state index in [9.17, 15) is 0 Å². The molecule has 106 valence electrons. The molecule has 2 nitrogen and oxygen atoms in total. The number of benzene rings is 2. The van der Waals surface area contributed by atoms with E-state index >= 15 is 0 Å². The number of aromatic nitrogens is 1. The summed E-state index contributed by atoms with van der Waals surface area (Å²) in [7, 11) is 0. The molecule has 0 aliphatic rings. The van der Waals surface area contributed by atoms with Gasteiger partial charge in [0.05, 0.1) is 10.6 Å². The first-order valence-electron chi connectivity index (χ1n) is 6.96. The topological polar surface area (TPSA) is 22.1 Å². The molecule has 0 aliphatic carbocycles. The summed E-state index contributed by atoms with van der Waals surface area (Å²) >= 11 is 3.63. The van der Waals surface area contributed by atoms with Crippen molar-refractivity contribution in [3.05, 3.63) is 59.2 Å². The second-order valence-electron chi connectivity index (χ2n) is 5.17. The average Bonchev–Trinajstić information content (AvgIpc) is 2.50. The predicted octanol–water partition coefficient (Wildman–Crippen LogP) is 5.45. The lowest BCUT2D eigenvalue weighted by Crippen LogP contribution is -2.07. The van der Waals surface area contributed by atoms with Crippen LogP contribution in [0.15, 0.2) is 59.2 Å². The SMILES string of the molecule is CC(C)Oc1c(Br)cc(-c2ccccc2)c2cccnc12. The highest BCUT2D eigenvalue weighted by Gasteiger charge is 2.14. The van der Waals surface area contributed by atoms with Gasteiger partial charge in [-0.1, -0.05) is 36.4 Å². The van der Waals surface area contributed by atoms with Crippen LogP contribution in [0.4, 0.5) is 0 Å². The molecule has 2 aromatic carbocycles. The zero-order valence-corrected chi connectivity index (χ0v) is 13.6. The summed E-state index contributed by atoms with van der Waals surface area (Å²) < 4.78 is 6.87. The highest BCUT2D eigenvalue weighted by Crippen LogP contribution is 2.39. The van der Waals surface area contributed by atoms with Crippen molar-refractivity contribution in [3.63, 3.8) is 0 Å². The average molecular weight is 342 g/mol. The van der Waals surface area contributed by atoms with Gasteiger partial charge in [0, 0.05) is 11.6 Å². The Kier molecular flexibility index (Phi) is 3.93. The van der Waals surface area contributed by atoms with Gasteiger partial charge in [0.25, 0.3) is 0 Å². The Morgan fingerprint density at radius 1 is 1.05 bits per heavy atom. The van der Waals surface area contributed by atoms with Crippen molar-refractivity contribution in [3.8, 4) is 16.9 Å². The van der Waals surface area contributed by atoms with Crippen LogP contribution in [0.1, 0.15) is 13.8 Å². The molecule has 21 heavy (non-hydrogen) atoms. The van der Waals surface area contributed by atoms with Crippen LogP contribution in [0, 0.1) is 0 Å². The molecule has 0 saturated heterocycles. The van der Waals surface area contributed by atoms with Crippen LogP contribution < -0.4 is 4.74 Å². The molecule has 3 aromatic rings. The molecule has 0 spiro atoms. The first-order valence-corrected chi connectivity index (χ1v) is 7.75. The van der Waals surface area contributed by atoms with Crippen LogP contribution in [0.3, 0.4) is 0 Å². The molecule has 1 heterocycles. The third-order valence-corrected chi connectivity index (χ3v) is 3.83. The van der Waals surface area contributed by atoms with Gasteiger partial charge in [-0.2, -0.15) is 0 Å². The first kappa shape index (κ1) is 14.1. The van der Waals surface area contributed by atoms with E-state index in [1.807, 2.05) is 38.1 Å². The maximum absolute atomic E-state index is 5.94. The van der Waals surface area contributed by atoms with E-state index in [-0.39, 0.29) is 6.10 Å². The Morgan fingerprint density at radius 2 is 1.81 bits per heavy atom. The number of hydrogen-bond donors (Lipinski definition) is 0. The van der Waals surface area contributed by atoms with Gasteiger partial charge in [-0.05, 0) is 53.0 Å². The van der Waals surface area contributed by atoms with Gasteiger partial charge in [0.2, 0.25) is 0 Å². The Balaban J connectivity index is 2.29. The Morgan fingerprint density at radius 3 is 2.52 bits per heavy atom. The van der Waals surface area contributed by atoms with E-state index in [1.165, 1.54) is 5.56 Å². The van der Waals surface area contributed by atoms with Crippen molar-refractivity contribution >= 4 is 26.8 Å². The number of pyridine rings is 1. The molecule has 0 radical (unpaired) electrons. The normalized spacial score (nSPS) is 11.0. The van der Waals surface area contributed by atoms with Crippen LogP contribution in [0.25, 0.3) is 22.0 Å². The second kappa shape index (κ2) is 5.86.